The van der Waals surface area contributed by atoms with Crippen LogP contribution in [-0.2, 0) is 16.8 Å². The maximum absolute atomic E-state index is 11.4. The maximum Gasteiger partial charge on any atom is 0.236 e. The minimum absolute atomic E-state index is 0.169. The summed E-state index contributed by atoms with van der Waals surface area (Å²) in [5, 5.41) is 11.2. The third-order valence-electron chi connectivity index (χ3n) is 3.13. The van der Waals surface area contributed by atoms with Crippen molar-refractivity contribution in [1.82, 2.24) is 20.4 Å². The Morgan fingerprint density at radius 3 is 2.84 bits per heavy atom. The Hall–Kier alpha value is -1.47. The van der Waals surface area contributed by atoms with E-state index in [0.29, 0.717) is 24.9 Å². The zero-order valence-corrected chi connectivity index (χ0v) is 11.6. The van der Waals surface area contributed by atoms with Crippen LogP contribution in [0.5, 0.6) is 0 Å². The Kier molecular flexibility index (Phi) is 3.86. The van der Waals surface area contributed by atoms with E-state index in [1.54, 1.807) is 0 Å². The molecule has 1 fully saturated rings. The lowest BCUT2D eigenvalue weighted by Gasteiger charge is -2.32. The first-order chi connectivity index (χ1) is 8.88. The number of nitrogens with one attached hydrogen (secondary N) is 1. The Morgan fingerprint density at radius 2 is 2.26 bits per heavy atom. The van der Waals surface area contributed by atoms with E-state index < -0.39 is 0 Å². The number of nitrogens with two attached hydrogens (primary N) is 1. The smallest absolute Gasteiger partial charge is 0.236 e. The van der Waals surface area contributed by atoms with Crippen LogP contribution in [0.25, 0.3) is 0 Å². The van der Waals surface area contributed by atoms with Gasteiger partial charge in [-0.1, -0.05) is 20.8 Å². The number of piperazine rings is 1. The monoisotopic (exact) mass is 267 g/mol. The second-order valence-electron chi connectivity index (χ2n) is 5.84. The lowest BCUT2D eigenvalue weighted by atomic mass is 9.97. The number of primary amides is 1. The molecular formula is C12H21N5O2. The van der Waals surface area contributed by atoms with E-state index in [2.05, 4.69) is 15.5 Å². The van der Waals surface area contributed by atoms with Gasteiger partial charge in [0, 0.05) is 25.0 Å². The number of hydrogen-bond acceptors (Lipinski definition) is 6. The highest BCUT2D eigenvalue weighted by atomic mass is 16.4. The topological polar surface area (TPSA) is 97.3 Å². The maximum atomic E-state index is 11.4. The molecule has 7 nitrogen and oxygen atoms in total. The van der Waals surface area contributed by atoms with Gasteiger partial charge in [0.15, 0.2) is 0 Å². The van der Waals surface area contributed by atoms with Gasteiger partial charge in [0.2, 0.25) is 17.7 Å². The third-order valence-corrected chi connectivity index (χ3v) is 3.13. The van der Waals surface area contributed by atoms with Gasteiger partial charge in [-0.25, -0.2) is 0 Å². The first-order valence-corrected chi connectivity index (χ1v) is 6.45. The average molecular weight is 267 g/mol. The van der Waals surface area contributed by atoms with Gasteiger partial charge in [0.1, 0.15) is 6.04 Å². The fraction of sp³-hybridized carbons (Fsp3) is 0.750. The minimum Gasteiger partial charge on any atom is -0.423 e. The molecule has 2 heterocycles. The summed E-state index contributed by atoms with van der Waals surface area (Å²) in [6.45, 7) is 8.63. The van der Waals surface area contributed by atoms with Gasteiger partial charge in [-0.3, -0.25) is 9.69 Å². The Labute approximate surface area is 112 Å². The van der Waals surface area contributed by atoms with E-state index in [1.165, 1.54) is 0 Å². The number of rotatable bonds is 3. The summed E-state index contributed by atoms with van der Waals surface area (Å²) in [6, 6.07) is -0.321. The highest BCUT2D eigenvalue weighted by Gasteiger charge is 2.29. The Bertz CT molecular complexity index is 451. The third kappa shape index (κ3) is 3.30. The fourth-order valence-corrected chi connectivity index (χ4v) is 2.01. The molecule has 1 aromatic heterocycles. The van der Waals surface area contributed by atoms with Crippen molar-refractivity contribution in [2.24, 2.45) is 5.73 Å². The lowest BCUT2D eigenvalue weighted by molar-refractivity contribution is -0.124. The molecule has 3 N–H and O–H groups in total. The summed E-state index contributed by atoms with van der Waals surface area (Å²) >= 11 is 0. The molecule has 1 amide bonds. The number of carbonyl (C=O) groups is 1. The standard InChI is InChI=1S/C12H21N5O2/c1-12(2,3)11-16-15-9(19-11)7-17-5-4-14-6-8(17)10(13)18/h8,14H,4-7H2,1-3H3,(H2,13,18). The predicted octanol–water partition coefficient (Wildman–Crippen LogP) is -0.374. The summed E-state index contributed by atoms with van der Waals surface area (Å²) in [7, 11) is 0. The van der Waals surface area contributed by atoms with E-state index in [4.69, 9.17) is 10.2 Å². The molecular weight excluding hydrogens is 246 g/mol. The van der Waals surface area contributed by atoms with Crippen molar-refractivity contribution in [3.05, 3.63) is 11.8 Å². The first kappa shape index (κ1) is 14.0. The molecule has 7 heteroatoms. The van der Waals surface area contributed by atoms with Crippen LogP contribution < -0.4 is 11.1 Å². The molecule has 1 unspecified atom stereocenters. The molecule has 1 aromatic rings. The number of aromatic nitrogens is 2. The Balaban J connectivity index is 2.07. The molecule has 1 aliphatic heterocycles. The van der Waals surface area contributed by atoms with Gasteiger partial charge >= 0.3 is 0 Å². The predicted molar refractivity (Wildman–Crippen MR) is 69.3 cm³/mol. The van der Waals surface area contributed by atoms with Gasteiger partial charge in [0.05, 0.1) is 6.54 Å². The largest absolute Gasteiger partial charge is 0.423 e. The number of nitrogens with zero attached hydrogens (tertiary/aromatic N) is 3. The van der Waals surface area contributed by atoms with Gasteiger partial charge in [0.25, 0.3) is 0 Å². The first-order valence-electron chi connectivity index (χ1n) is 6.45. The molecule has 0 radical (unpaired) electrons. The molecule has 1 atom stereocenters. The molecule has 19 heavy (non-hydrogen) atoms. The van der Waals surface area contributed by atoms with Crippen LogP contribution in [-0.4, -0.2) is 46.7 Å². The van der Waals surface area contributed by atoms with Crippen LogP contribution in [0, 0.1) is 0 Å². The van der Waals surface area contributed by atoms with E-state index in [1.807, 2.05) is 25.7 Å². The van der Waals surface area contributed by atoms with Crippen molar-refractivity contribution in [3.8, 4) is 0 Å². The second-order valence-corrected chi connectivity index (χ2v) is 5.84. The SMILES string of the molecule is CC(C)(C)c1nnc(CN2CCNCC2C(N)=O)o1. The van der Waals surface area contributed by atoms with E-state index in [0.717, 1.165) is 13.1 Å². The van der Waals surface area contributed by atoms with Crippen LogP contribution in [0.4, 0.5) is 0 Å². The molecule has 0 bridgehead atoms. The molecule has 106 valence electrons. The summed E-state index contributed by atoms with van der Waals surface area (Å²) in [6.07, 6.45) is 0. The van der Waals surface area contributed by atoms with Crippen LogP contribution >= 0.6 is 0 Å². The lowest BCUT2D eigenvalue weighted by Crippen LogP contribution is -2.56. The molecule has 0 spiro atoms. The fourth-order valence-electron chi connectivity index (χ4n) is 2.01. The van der Waals surface area contributed by atoms with Crippen molar-refractivity contribution in [2.75, 3.05) is 19.6 Å². The van der Waals surface area contributed by atoms with Crippen molar-refractivity contribution >= 4 is 5.91 Å². The summed E-state index contributed by atoms with van der Waals surface area (Å²) in [5.41, 5.74) is 5.23. The molecule has 1 aliphatic rings. The van der Waals surface area contributed by atoms with Crippen molar-refractivity contribution in [3.63, 3.8) is 0 Å². The second kappa shape index (κ2) is 5.26. The molecule has 1 saturated heterocycles. The highest BCUT2D eigenvalue weighted by molar-refractivity contribution is 5.80. The average Bonchev–Trinajstić information content (AvgIpc) is 2.77. The van der Waals surface area contributed by atoms with E-state index >= 15 is 0 Å². The molecule has 2 rings (SSSR count). The van der Waals surface area contributed by atoms with Gasteiger partial charge in [-0.2, -0.15) is 0 Å². The normalized spacial score (nSPS) is 21.5. The van der Waals surface area contributed by atoms with Gasteiger partial charge in [-0.15, -0.1) is 10.2 Å². The van der Waals surface area contributed by atoms with Gasteiger partial charge in [-0.05, 0) is 0 Å². The van der Waals surface area contributed by atoms with Crippen LogP contribution in [0.1, 0.15) is 32.6 Å². The van der Waals surface area contributed by atoms with Gasteiger partial charge < -0.3 is 15.5 Å². The zero-order valence-electron chi connectivity index (χ0n) is 11.6. The summed E-state index contributed by atoms with van der Waals surface area (Å²) in [4.78, 5) is 13.4. The Morgan fingerprint density at radius 1 is 1.53 bits per heavy atom. The number of amides is 1. The molecule has 0 aliphatic carbocycles. The van der Waals surface area contributed by atoms with Crippen molar-refractivity contribution in [1.29, 1.82) is 0 Å². The van der Waals surface area contributed by atoms with Crippen molar-refractivity contribution in [2.45, 2.75) is 38.8 Å². The highest BCUT2D eigenvalue weighted by Crippen LogP contribution is 2.21. The van der Waals surface area contributed by atoms with Crippen molar-refractivity contribution < 1.29 is 9.21 Å². The van der Waals surface area contributed by atoms with E-state index in [-0.39, 0.29) is 17.4 Å². The molecule has 0 saturated carbocycles. The zero-order chi connectivity index (χ0) is 14.0. The van der Waals surface area contributed by atoms with Crippen LogP contribution in [0.2, 0.25) is 0 Å². The summed E-state index contributed by atoms with van der Waals surface area (Å²) < 4.78 is 5.64. The number of hydrogen-bond donors (Lipinski definition) is 2. The number of carbonyl (C=O) groups excluding carboxylic acids is 1. The summed E-state index contributed by atoms with van der Waals surface area (Å²) in [5.74, 6) is 0.800. The minimum atomic E-state index is -0.331. The van der Waals surface area contributed by atoms with E-state index in [9.17, 15) is 4.79 Å². The molecule has 0 aromatic carbocycles. The van der Waals surface area contributed by atoms with Crippen LogP contribution in [0.15, 0.2) is 4.42 Å². The quantitative estimate of drug-likeness (QED) is 0.775. The van der Waals surface area contributed by atoms with Crippen LogP contribution in [0.3, 0.4) is 0 Å².